The van der Waals surface area contributed by atoms with Crippen LogP contribution in [0.2, 0.25) is 0 Å². The van der Waals surface area contributed by atoms with Gasteiger partial charge in [-0.15, -0.1) is 0 Å². The van der Waals surface area contributed by atoms with Gasteiger partial charge in [-0.3, -0.25) is 9.48 Å². The summed E-state index contributed by atoms with van der Waals surface area (Å²) < 4.78 is 15.9. The van der Waals surface area contributed by atoms with Crippen LogP contribution in [0.15, 0.2) is 24.3 Å². The number of anilines is 1. The Morgan fingerprint density at radius 2 is 1.85 bits per heavy atom. The molecule has 0 fully saturated rings. The van der Waals surface area contributed by atoms with Crippen molar-refractivity contribution in [1.82, 2.24) is 18.5 Å². The number of ether oxygens (including phenoxy) is 1. The molecule has 0 radical (unpaired) electrons. The lowest BCUT2D eigenvalue weighted by Gasteiger charge is -2.10. The number of carbonyl (C=O) groups excluding carboxylic acids is 1. The van der Waals surface area contributed by atoms with Crippen LogP contribution in [-0.4, -0.2) is 24.4 Å². The van der Waals surface area contributed by atoms with E-state index in [9.17, 15) is 4.79 Å². The van der Waals surface area contributed by atoms with Crippen molar-refractivity contribution in [2.45, 2.75) is 47.3 Å². The first kappa shape index (κ1) is 19.0. The molecule has 1 aromatic carbocycles. The minimum Gasteiger partial charge on any atom is -0.487 e. The molecule has 3 aromatic rings. The number of benzene rings is 1. The average Bonchev–Trinajstić information content (AvgIpc) is 3.18. The molecule has 0 saturated carbocycles. The second-order valence-electron chi connectivity index (χ2n) is 6.65. The lowest BCUT2D eigenvalue weighted by atomic mass is 10.2. The molecule has 0 aliphatic heterocycles. The molecule has 0 atom stereocenters. The standard InChI is InChI=1S/C19H23N5O2S/c1-11(2)24-14(5)18(13(4)21-24)20-19(25)15-6-8-16(9-7-15)26-10-17-12(3)22-27-23-17/h6-9,11H,10H2,1-5H3,(H,20,25). The van der Waals surface area contributed by atoms with E-state index in [1.807, 2.05) is 25.5 Å². The third-order valence-electron chi connectivity index (χ3n) is 4.29. The number of nitrogens with zero attached hydrogens (tertiary/aromatic N) is 4. The molecule has 1 amide bonds. The van der Waals surface area contributed by atoms with Crippen LogP contribution in [0.25, 0.3) is 0 Å². The van der Waals surface area contributed by atoms with Crippen LogP contribution in [0.3, 0.4) is 0 Å². The van der Waals surface area contributed by atoms with Crippen LogP contribution in [0.4, 0.5) is 5.69 Å². The molecule has 0 bridgehead atoms. The summed E-state index contributed by atoms with van der Waals surface area (Å²) in [5, 5.41) is 7.47. The second kappa shape index (κ2) is 7.87. The summed E-state index contributed by atoms with van der Waals surface area (Å²) in [6.07, 6.45) is 0. The molecule has 7 nitrogen and oxygen atoms in total. The summed E-state index contributed by atoms with van der Waals surface area (Å²) in [4.78, 5) is 12.6. The zero-order chi connectivity index (χ0) is 19.6. The van der Waals surface area contributed by atoms with Crippen LogP contribution in [0.5, 0.6) is 5.75 Å². The van der Waals surface area contributed by atoms with Gasteiger partial charge in [0, 0.05) is 11.6 Å². The van der Waals surface area contributed by atoms with E-state index in [0.717, 1.165) is 28.5 Å². The Hall–Kier alpha value is -2.74. The lowest BCUT2D eigenvalue weighted by Crippen LogP contribution is -2.13. The maximum atomic E-state index is 12.6. The topological polar surface area (TPSA) is 81.9 Å². The predicted molar refractivity (Wildman–Crippen MR) is 105 cm³/mol. The minimum absolute atomic E-state index is 0.171. The first-order chi connectivity index (χ1) is 12.9. The summed E-state index contributed by atoms with van der Waals surface area (Å²) in [5.74, 6) is 0.509. The van der Waals surface area contributed by atoms with E-state index >= 15 is 0 Å². The highest BCUT2D eigenvalue weighted by Crippen LogP contribution is 2.23. The smallest absolute Gasteiger partial charge is 0.255 e. The Balaban J connectivity index is 1.67. The van der Waals surface area contributed by atoms with Crippen LogP contribution in [0.1, 0.15) is 53.0 Å². The van der Waals surface area contributed by atoms with Crippen LogP contribution >= 0.6 is 11.7 Å². The van der Waals surface area contributed by atoms with Gasteiger partial charge in [-0.2, -0.15) is 13.8 Å². The second-order valence-corrected chi connectivity index (χ2v) is 7.18. The van der Waals surface area contributed by atoms with Gasteiger partial charge in [0.1, 0.15) is 18.1 Å². The predicted octanol–water partition coefficient (Wildman–Crippen LogP) is 4.07. The van der Waals surface area contributed by atoms with Gasteiger partial charge in [0.25, 0.3) is 5.91 Å². The SMILES string of the molecule is Cc1nsnc1COc1ccc(C(=O)Nc2c(C)nn(C(C)C)c2C)cc1. The highest BCUT2D eigenvalue weighted by molar-refractivity contribution is 6.99. The third kappa shape index (κ3) is 4.16. The Morgan fingerprint density at radius 3 is 2.41 bits per heavy atom. The van der Waals surface area contributed by atoms with Gasteiger partial charge in [-0.1, -0.05) is 0 Å². The molecule has 2 heterocycles. The molecule has 0 aliphatic rings. The van der Waals surface area contributed by atoms with Gasteiger partial charge >= 0.3 is 0 Å². The summed E-state index contributed by atoms with van der Waals surface area (Å²) in [6.45, 7) is 10.2. The van der Waals surface area contributed by atoms with E-state index in [2.05, 4.69) is 33.0 Å². The number of hydrogen-bond acceptors (Lipinski definition) is 6. The zero-order valence-corrected chi connectivity index (χ0v) is 16.9. The third-order valence-corrected chi connectivity index (χ3v) is 4.95. The summed E-state index contributed by atoms with van der Waals surface area (Å²) in [7, 11) is 0. The first-order valence-corrected chi connectivity index (χ1v) is 9.47. The fourth-order valence-corrected chi connectivity index (χ4v) is 3.32. The molecule has 1 N–H and O–H groups in total. The number of aromatic nitrogens is 4. The van der Waals surface area contributed by atoms with Gasteiger partial charge in [0.2, 0.25) is 0 Å². The Labute approximate surface area is 162 Å². The van der Waals surface area contributed by atoms with E-state index in [-0.39, 0.29) is 11.9 Å². The maximum Gasteiger partial charge on any atom is 0.255 e. The average molecular weight is 385 g/mol. The van der Waals surface area contributed by atoms with Crippen molar-refractivity contribution in [3.8, 4) is 5.75 Å². The molecule has 27 heavy (non-hydrogen) atoms. The number of aryl methyl sites for hydroxylation is 2. The zero-order valence-electron chi connectivity index (χ0n) is 16.1. The molecular weight excluding hydrogens is 362 g/mol. The minimum atomic E-state index is -0.171. The van der Waals surface area contributed by atoms with Crippen LogP contribution in [-0.2, 0) is 6.61 Å². The first-order valence-electron chi connectivity index (χ1n) is 8.74. The monoisotopic (exact) mass is 385 g/mol. The number of hydrogen-bond donors (Lipinski definition) is 1. The van der Waals surface area contributed by atoms with E-state index in [1.165, 1.54) is 11.7 Å². The van der Waals surface area contributed by atoms with Crippen molar-refractivity contribution in [2.24, 2.45) is 0 Å². The van der Waals surface area contributed by atoms with Crippen molar-refractivity contribution in [1.29, 1.82) is 0 Å². The number of rotatable bonds is 6. The van der Waals surface area contributed by atoms with Gasteiger partial charge in [-0.25, -0.2) is 0 Å². The van der Waals surface area contributed by atoms with Crippen molar-refractivity contribution < 1.29 is 9.53 Å². The van der Waals surface area contributed by atoms with Crippen LogP contribution < -0.4 is 10.1 Å². The molecule has 0 spiro atoms. The summed E-state index contributed by atoms with van der Waals surface area (Å²) in [6, 6.07) is 7.29. The van der Waals surface area contributed by atoms with E-state index in [4.69, 9.17) is 4.74 Å². The lowest BCUT2D eigenvalue weighted by molar-refractivity contribution is 0.102. The van der Waals surface area contributed by atoms with E-state index < -0.39 is 0 Å². The van der Waals surface area contributed by atoms with Crippen molar-refractivity contribution in [3.05, 3.63) is 52.6 Å². The molecule has 0 saturated heterocycles. The number of carbonyl (C=O) groups is 1. The van der Waals surface area contributed by atoms with E-state index in [0.29, 0.717) is 17.9 Å². The number of nitrogens with one attached hydrogen (secondary N) is 1. The van der Waals surface area contributed by atoms with Gasteiger partial charge in [0.05, 0.1) is 34.5 Å². The van der Waals surface area contributed by atoms with Gasteiger partial charge in [-0.05, 0) is 58.9 Å². The maximum absolute atomic E-state index is 12.6. The summed E-state index contributed by atoms with van der Waals surface area (Å²) in [5.41, 5.74) is 4.79. The molecule has 142 valence electrons. The molecular formula is C19H23N5O2S. The fraction of sp³-hybridized carbons (Fsp3) is 0.368. The molecule has 3 rings (SSSR count). The molecule has 2 aromatic heterocycles. The highest BCUT2D eigenvalue weighted by atomic mass is 32.1. The highest BCUT2D eigenvalue weighted by Gasteiger charge is 2.16. The van der Waals surface area contributed by atoms with Gasteiger partial charge in [0.15, 0.2) is 0 Å². The van der Waals surface area contributed by atoms with Crippen molar-refractivity contribution >= 4 is 23.3 Å². The fourth-order valence-electron chi connectivity index (χ4n) is 2.77. The van der Waals surface area contributed by atoms with Crippen molar-refractivity contribution in [3.63, 3.8) is 0 Å². The van der Waals surface area contributed by atoms with E-state index in [1.54, 1.807) is 24.3 Å². The Morgan fingerprint density at radius 1 is 1.15 bits per heavy atom. The Bertz CT molecular complexity index is 944. The molecule has 0 aliphatic carbocycles. The molecule has 0 unspecified atom stereocenters. The largest absolute Gasteiger partial charge is 0.487 e. The normalized spacial score (nSPS) is 11.0. The van der Waals surface area contributed by atoms with Crippen molar-refractivity contribution in [2.75, 3.05) is 5.32 Å². The Kier molecular flexibility index (Phi) is 5.55. The number of amides is 1. The quantitative estimate of drug-likeness (QED) is 0.692. The van der Waals surface area contributed by atoms with Gasteiger partial charge < -0.3 is 10.1 Å². The summed E-state index contributed by atoms with van der Waals surface area (Å²) >= 11 is 1.17. The molecule has 8 heteroatoms. The van der Waals surface area contributed by atoms with Crippen LogP contribution in [0, 0.1) is 20.8 Å².